The molecular formula is C5H15B3N3. The molecule has 1 aliphatic heterocycles. The molecule has 1 radical (unpaired) electrons. The summed E-state index contributed by atoms with van der Waals surface area (Å²) in [6, 6.07) is 0. The van der Waals surface area contributed by atoms with Gasteiger partial charge < -0.3 is 15.4 Å². The van der Waals surface area contributed by atoms with Crippen LogP contribution in [0.15, 0.2) is 0 Å². The largest absolute Gasteiger partial charge is 0.375 e. The molecule has 0 unspecified atom stereocenters. The molecule has 0 saturated carbocycles. The number of rotatable bonds is 2. The summed E-state index contributed by atoms with van der Waals surface area (Å²) >= 11 is 0. The van der Waals surface area contributed by atoms with Gasteiger partial charge in [0.1, 0.15) is 0 Å². The molecular weight excluding hydrogens is 135 g/mol. The summed E-state index contributed by atoms with van der Waals surface area (Å²) in [5.74, 6) is 0.735. The summed E-state index contributed by atoms with van der Waals surface area (Å²) in [6.07, 6.45) is 1.17. The van der Waals surface area contributed by atoms with E-state index >= 15 is 0 Å². The van der Waals surface area contributed by atoms with Gasteiger partial charge in [0.15, 0.2) is 0 Å². The van der Waals surface area contributed by atoms with Gasteiger partial charge >= 0.3 is 0 Å². The minimum atomic E-state index is 0.389. The summed E-state index contributed by atoms with van der Waals surface area (Å²) in [6.45, 7) is 7.41. The zero-order valence-electron chi connectivity index (χ0n) is 7.52. The fraction of sp³-hybridized carbons (Fsp3) is 1.00. The Labute approximate surface area is 70.6 Å². The van der Waals surface area contributed by atoms with Crippen molar-refractivity contribution in [2.24, 2.45) is 5.92 Å². The highest BCUT2D eigenvalue weighted by atomic mass is 15.0. The minimum Gasteiger partial charge on any atom is -0.375 e. The SMILES string of the molecule is CB1N[B]NB(CC(C)C)N1. The second kappa shape index (κ2) is 4.19. The molecule has 1 saturated heterocycles. The maximum absolute atomic E-state index is 3.39. The third-order valence-corrected chi connectivity index (χ3v) is 1.78. The zero-order chi connectivity index (χ0) is 8.27. The molecule has 0 aromatic heterocycles. The molecule has 0 spiro atoms. The van der Waals surface area contributed by atoms with E-state index in [1.807, 2.05) is 7.55 Å². The maximum Gasteiger partial charge on any atom is 0.285 e. The average Bonchev–Trinajstić information content (AvgIpc) is 1.85. The summed E-state index contributed by atoms with van der Waals surface area (Å²) in [5.41, 5.74) is 0. The predicted octanol–water partition coefficient (Wildman–Crippen LogP) is -0.435. The van der Waals surface area contributed by atoms with Gasteiger partial charge in [0.2, 0.25) is 0 Å². The molecule has 59 valence electrons. The fourth-order valence-corrected chi connectivity index (χ4v) is 1.28. The molecule has 1 aliphatic rings. The Kier molecular flexibility index (Phi) is 3.49. The van der Waals surface area contributed by atoms with Crippen molar-refractivity contribution in [2.75, 3.05) is 0 Å². The molecule has 1 heterocycles. The summed E-state index contributed by atoms with van der Waals surface area (Å²) in [7, 11) is 1.92. The van der Waals surface area contributed by atoms with Gasteiger partial charge in [-0.2, -0.15) is 0 Å². The predicted molar refractivity (Wildman–Crippen MR) is 52.2 cm³/mol. The third-order valence-electron chi connectivity index (χ3n) is 1.78. The Bertz CT molecular complexity index is 120. The van der Waals surface area contributed by atoms with E-state index in [1.54, 1.807) is 0 Å². The van der Waals surface area contributed by atoms with Gasteiger partial charge in [0, 0.05) is 0 Å². The van der Waals surface area contributed by atoms with Crippen LogP contribution in [0, 0.1) is 5.92 Å². The van der Waals surface area contributed by atoms with Crippen LogP contribution in [-0.2, 0) is 0 Å². The second-order valence-corrected chi connectivity index (χ2v) is 3.55. The Balaban J connectivity index is 2.23. The first-order valence-electron chi connectivity index (χ1n) is 4.28. The average molecular weight is 150 g/mol. The van der Waals surface area contributed by atoms with Gasteiger partial charge in [0.05, 0.1) is 0 Å². The lowest BCUT2D eigenvalue weighted by atomic mass is 9.54. The van der Waals surface area contributed by atoms with E-state index in [0.717, 1.165) is 5.92 Å². The van der Waals surface area contributed by atoms with E-state index in [9.17, 15) is 0 Å². The van der Waals surface area contributed by atoms with E-state index in [2.05, 4.69) is 36.1 Å². The quantitative estimate of drug-likeness (QED) is 0.467. The Hall–Kier alpha value is 0.0748. The third kappa shape index (κ3) is 3.32. The van der Waals surface area contributed by atoms with Crippen LogP contribution >= 0.6 is 0 Å². The van der Waals surface area contributed by atoms with Crippen molar-refractivity contribution < 1.29 is 0 Å². The molecule has 0 aromatic carbocycles. The highest BCUT2D eigenvalue weighted by Gasteiger charge is 2.24. The molecule has 11 heavy (non-hydrogen) atoms. The lowest BCUT2D eigenvalue weighted by molar-refractivity contribution is 0.718. The van der Waals surface area contributed by atoms with Crippen LogP contribution in [0.3, 0.4) is 0 Å². The number of hydrogen-bond acceptors (Lipinski definition) is 3. The van der Waals surface area contributed by atoms with Gasteiger partial charge in [-0.05, 0) is 6.32 Å². The van der Waals surface area contributed by atoms with Crippen molar-refractivity contribution in [1.29, 1.82) is 0 Å². The van der Waals surface area contributed by atoms with Gasteiger partial charge in [-0.1, -0.05) is 26.6 Å². The smallest absolute Gasteiger partial charge is 0.285 e. The first-order valence-corrected chi connectivity index (χ1v) is 4.28. The van der Waals surface area contributed by atoms with Crippen molar-refractivity contribution in [3.63, 3.8) is 0 Å². The first kappa shape index (κ1) is 9.17. The van der Waals surface area contributed by atoms with Crippen LogP contribution in [0.4, 0.5) is 0 Å². The highest BCUT2D eigenvalue weighted by molar-refractivity contribution is 6.81. The lowest BCUT2D eigenvalue weighted by Crippen LogP contribution is -2.68. The summed E-state index contributed by atoms with van der Waals surface area (Å²) < 4.78 is 0. The van der Waals surface area contributed by atoms with Crippen molar-refractivity contribution >= 4 is 21.5 Å². The Morgan fingerprint density at radius 3 is 2.64 bits per heavy atom. The summed E-state index contributed by atoms with van der Waals surface area (Å²) in [4.78, 5) is 0. The first-order chi connectivity index (χ1) is 5.18. The van der Waals surface area contributed by atoms with E-state index in [-0.39, 0.29) is 0 Å². The number of hydrogen-bond donors (Lipinski definition) is 3. The van der Waals surface area contributed by atoms with Gasteiger partial charge in [-0.25, -0.2) is 0 Å². The maximum atomic E-state index is 3.39. The van der Waals surface area contributed by atoms with Crippen molar-refractivity contribution in [1.82, 2.24) is 15.4 Å². The standard InChI is InChI=1S/C5H15B3N3/c1-5(2)4-8-10-6-9-7(3)11-8/h5,9-11H,4H2,1-3H3. The molecule has 0 atom stereocenters. The van der Waals surface area contributed by atoms with E-state index in [4.69, 9.17) is 0 Å². The summed E-state index contributed by atoms with van der Waals surface area (Å²) in [5, 5.41) is 9.77. The van der Waals surface area contributed by atoms with Crippen LogP contribution in [0.2, 0.25) is 13.1 Å². The van der Waals surface area contributed by atoms with Gasteiger partial charge in [-0.3, -0.25) is 0 Å². The lowest BCUT2D eigenvalue weighted by Gasteiger charge is -2.26. The van der Waals surface area contributed by atoms with Crippen LogP contribution in [0.25, 0.3) is 0 Å². The topological polar surface area (TPSA) is 36.1 Å². The molecule has 1 fully saturated rings. The zero-order valence-corrected chi connectivity index (χ0v) is 7.52. The highest BCUT2D eigenvalue weighted by Crippen LogP contribution is 2.01. The van der Waals surface area contributed by atoms with Crippen molar-refractivity contribution in [2.45, 2.75) is 27.0 Å². The van der Waals surface area contributed by atoms with Crippen LogP contribution in [0.5, 0.6) is 0 Å². The molecule has 6 heteroatoms. The van der Waals surface area contributed by atoms with E-state index in [1.165, 1.54) is 6.32 Å². The molecule has 0 amide bonds. The molecule has 0 bridgehead atoms. The van der Waals surface area contributed by atoms with Crippen molar-refractivity contribution in [3.05, 3.63) is 0 Å². The normalized spacial score (nSPS) is 18.9. The second-order valence-electron chi connectivity index (χ2n) is 3.55. The Morgan fingerprint density at radius 1 is 1.36 bits per heavy atom. The molecule has 3 nitrogen and oxygen atoms in total. The van der Waals surface area contributed by atoms with Gasteiger partial charge in [0.25, 0.3) is 21.5 Å². The Morgan fingerprint density at radius 2 is 2.09 bits per heavy atom. The molecule has 0 aromatic rings. The minimum absolute atomic E-state index is 0.389. The number of nitrogens with one attached hydrogen (secondary N) is 3. The monoisotopic (exact) mass is 150 g/mol. The molecule has 0 aliphatic carbocycles. The molecule has 1 rings (SSSR count). The van der Waals surface area contributed by atoms with Crippen LogP contribution < -0.4 is 15.4 Å². The fourth-order valence-electron chi connectivity index (χ4n) is 1.28. The van der Waals surface area contributed by atoms with Crippen LogP contribution in [0.1, 0.15) is 13.8 Å². The van der Waals surface area contributed by atoms with Crippen LogP contribution in [-0.4, -0.2) is 21.5 Å². The van der Waals surface area contributed by atoms with Gasteiger partial charge in [-0.15, -0.1) is 0 Å². The van der Waals surface area contributed by atoms with E-state index in [0.29, 0.717) is 14.0 Å². The van der Waals surface area contributed by atoms with E-state index < -0.39 is 0 Å². The molecule has 3 N–H and O–H groups in total. The van der Waals surface area contributed by atoms with Crippen molar-refractivity contribution in [3.8, 4) is 0 Å².